The number of aliphatic hydroxyl groups is 1. The number of nitrogens with zero attached hydrogens (tertiary/aromatic N) is 1. The lowest BCUT2D eigenvalue weighted by Gasteiger charge is -2.30. The van der Waals surface area contributed by atoms with Gasteiger partial charge in [0, 0.05) is 18.8 Å². The van der Waals surface area contributed by atoms with Crippen molar-refractivity contribution in [3.05, 3.63) is 59.9 Å². The zero-order valence-electron chi connectivity index (χ0n) is 12.6. The van der Waals surface area contributed by atoms with Gasteiger partial charge in [-0.15, -0.1) is 0 Å². The van der Waals surface area contributed by atoms with Gasteiger partial charge in [-0.3, -0.25) is 4.79 Å². The lowest BCUT2D eigenvalue weighted by Crippen LogP contribution is -2.38. The van der Waals surface area contributed by atoms with Crippen molar-refractivity contribution < 1.29 is 14.6 Å². The smallest absolute Gasteiger partial charge is 0.294 e. The molecule has 5 nitrogen and oxygen atoms in total. The lowest BCUT2D eigenvalue weighted by molar-refractivity contribution is -0.117. The molecule has 118 valence electrons. The number of carbonyl (C=O) groups is 1. The van der Waals surface area contributed by atoms with Crippen LogP contribution in [0.4, 0.5) is 11.4 Å². The standard InChI is InChI=1S/C18H18N2O3/c19-14-7-8-16-15(12-14)20(9-4-10-21)18(22)17(23-16)11-13-5-2-1-3-6-13/h1-3,5-8,11-12,21H,4,9-10,19H2/b17-11+. The zero-order valence-corrected chi connectivity index (χ0v) is 12.6. The van der Waals surface area contributed by atoms with Crippen molar-refractivity contribution in [1.82, 2.24) is 0 Å². The van der Waals surface area contributed by atoms with Crippen molar-refractivity contribution in [3.8, 4) is 5.75 Å². The first-order valence-corrected chi connectivity index (χ1v) is 7.46. The molecule has 2 aromatic carbocycles. The molecule has 0 aliphatic carbocycles. The molecule has 0 saturated heterocycles. The van der Waals surface area contributed by atoms with Crippen LogP contribution < -0.4 is 15.4 Å². The van der Waals surface area contributed by atoms with Gasteiger partial charge in [-0.2, -0.15) is 0 Å². The molecule has 1 aliphatic rings. The largest absolute Gasteiger partial charge is 0.449 e. The number of ether oxygens (including phenoxy) is 1. The minimum atomic E-state index is -0.236. The first-order valence-electron chi connectivity index (χ1n) is 7.46. The lowest BCUT2D eigenvalue weighted by atomic mass is 10.1. The fourth-order valence-electron chi connectivity index (χ4n) is 2.48. The van der Waals surface area contributed by atoms with E-state index < -0.39 is 0 Å². The molecule has 1 aliphatic heterocycles. The van der Waals surface area contributed by atoms with Crippen molar-refractivity contribution in [2.24, 2.45) is 0 Å². The van der Waals surface area contributed by atoms with Crippen molar-refractivity contribution in [1.29, 1.82) is 0 Å². The number of hydrogen-bond donors (Lipinski definition) is 2. The molecule has 0 unspecified atom stereocenters. The molecule has 0 aromatic heterocycles. The quantitative estimate of drug-likeness (QED) is 0.672. The SMILES string of the molecule is Nc1ccc2c(c1)N(CCCO)C(=O)/C(=C\c1ccccc1)O2. The fraction of sp³-hybridized carbons (Fsp3) is 0.167. The number of amides is 1. The number of nitrogen functional groups attached to an aromatic ring is 1. The van der Waals surface area contributed by atoms with E-state index in [2.05, 4.69) is 0 Å². The predicted octanol–water partition coefficient (Wildman–Crippen LogP) is 2.42. The van der Waals surface area contributed by atoms with E-state index in [1.165, 1.54) is 0 Å². The maximum atomic E-state index is 12.7. The molecule has 2 aromatic rings. The van der Waals surface area contributed by atoms with Gasteiger partial charge < -0.3 is 20.5 Å². The van der Waals surface area contributed by atoms with Crippen molar-refractivity contribution in [2.45, 2.75) is 6.42 Å². The van der Waals surface area contributed by atoms with Gasteiger partial charge >= 0.3 is 0 Å². The number of anilines is 2. The Morgan fingerprint density at radius 1 is 1.17 bits per heavy atom. The van der Waals surface area contributed by atoms with Crippen LogP contribution in [0.5, 0.6) is 5.75 Å². The van der Waals surface area contributed by atoms with E-state index >= 15 is 0 Å². The average Bonchev–Trinajstić information content (AvgIpc) is 2.56. The van der Waals surface area contributed by atoms with Gasteiger partial charge in [0.2, 0.25) is 0 Å². The summed E-state index contributed by atoms with van der Waals surface area (Å²) < 4.78 is 5.77. The van der Waals surface area contributed by atoms with Gasteiger partial charge in [0.05, 0.1) is 5.69 Å². The Morgan fingerprint density at radius 3 is 2.70 bits per heavy atom. The fourth-order valence-corrected chi connectivity index (χ4v) is 2.48. The third-order valence-electron chi connectivity index (χ3n) is 3.59. The molecule has 0 atom stereocenters. The molecule has 0 radical (unpaired) electrons. The summed E-state index contributed by atoms with van der Waals surface area (Å²) in [5, 5.41) is 9.08. The van der Waals surface area contributed by atoms with E-state index in [1.54, 1.807) is 29.2 Å². The maximum absolute atomic E-state index is 12.7. The summed E-state index contributed by atoms with van der Waals surface area (Å²) in [6.45, 7) is 0.418. The van der Waals surface area contributed by atoms with Gasteiger partial charge in [0.15, 0.2) is 11.5 Å². The first kappa shape index (κ1) is 15.1. The molecule has 23 heavy (non-hydrogen) atoms. The molecule has 0 bridgehead atoms. The number of benzene rings is 2. The van der Waals surface area contributed by atoms with Crippen LogP contribution >= 0.6 is 0 Å². The van der Waals surface area contributed by atoms with Crippen LogP contribution in [0.1, 0.15) is 12.0 Å². The van der Waals surface area contributed by atoms with Crippen molar-refractivity contribution >= 4 is 23.4 Å². The highest BCUT2D eigenvalue weighted by Gasteiger charge is 2.30. The molecule has 0 fully saturated rings. The highest BCUT2D eigenvalue weighted by Crippen LogP contribution is 2.37. The Hall–Kier alpha value is -2.79. The van der Waals surface area contributed by atoms with E-state index in [0.29, 0.717) is 30.1 Å². The molecule has 0 spiro atoms. The van der Waals surface area contributed by atoms with E-state index in [0.717, 1.165) is 5.56 Å². The summed E-state index contributed by atoms with van der Waals surface area (Å²) in [5.74, 6) is 0.603. The minimum Gasteiger partial charge on any atom is -0.449 e. The van der Waals surface area contributed by atoms with Crippen molar-refractivity contribution in [2.75, 3.05) is 23.8 Å². The van der Waals surface area contributed by atoms with E-state index in [1.807, 2.05) is 30.3 Å². The molecule has 5 heteroatoms. The van der Waals surface area contributed by atoms with Crippen LogP contribution in [0.2, 0.25) is 0 Å². The van der Waals surface area contributed by atoms with E-state index in [-0.39, 0.29) is 18.3 Å². The average molecular weight is 310 g/mol. The summed E-state index contributed by atoms with van der Waals surface area (Å²) in [4.78, 5) is 14.3. The summed E-state index contributed by atoms with van der Waals surface area (Å²) >= 11 is 0. The Balaban J connectivity index is 2.00. The number of nitrogens with two attached hydrogens (primary N) is 1. The summed E-state index contributed by atoms with van der Waals surface area (Å²) in [7, 11) is 0. The van der Waals surface area contributed by atoms with E-state index in [9.17, 15) is 4.79 Å². The normalized spacial score (nSPS) is 15.4. The molecule has 1 heterocycles. The Bertz CT molecular complexity index is 741. The highest BCUT2D eigenvalue weighted by molar-refractivity contribution is 6.10. The van der Waals surface area contributed by atoms with Crippen molar-refractivity contribution in [3.63, 3.8) is 0 Å². The van der Waals surface area contributed by atoms with Crippen LogP contribution in [-0.2, 0) is 4.79 Å². The molecular formula is C18H18N2O3. The second kappa shape index (κ2) is 6.54. The second-order valence-corrected chi connectivity index (χ2v) is 5.28. The van der Waals surface area contributed by atoms with E-state index in [4.69, 9.17) is 15.6 Å². The van der Waals surface area contributed by atoms with Gasteiger partial charge in [-0.1, -0.05) is 30.3 Å². The third-order valence-corrected chi connectivity index (χ3v) is 3.59. The molecule has 0 saturated carbocycles. The number of carbonyl (C=O) groups excluding carboxylic acids is 1. The minimum absolute atomic E-state index is 0.0139. The third kappa shape index (κ3) is 3.19. The Labute approximate surface area is 134 Å². The summed E-state index contributed by atoms with van der Waals surface area (Å²) in [5.41, 5.74) is 7.90. The topological polar surface area (TPSA) is 75.8 Å². The number of aliphatic hydroxyl groups excluding tert-OH is 1. The predicted molar refractivity (Wildman–Crippen MR) is 90.0 cm³/mol. The maximum Gasteiger partial charge on any atom is 0.294 e. The number of hydrogen-bond acceptors (Lipinski definition) is 4. The molecular weight excluding hydrogens is 292 g/mol. The summed E-state index contributed by atoms with van der Waals surface area (Å²) in [6.07, 6.45) is 2.20. The Kier molecular flexibility index (Phi) is 4.30. The van der Waals surface area contributed by atoms with Crippen LogP contribution in [0.3, 0.4) is 0 Å². The Morgan fingerprint density at radius 2 is 1.96 bits per heavy atom. The second-order valence-electron chi connectivity index (χ2n) is 5.28. The molecule has 3 rings (SSSR count). The zero-order chi connectivity index (χ0) is 16.2. The van der Waals surface area contributed by atoms with Gasteiger partial charge in [-0.05, 0) is 36.3 Å². The van der Waals surface area contributed by atoms with Gasteiger partial charge in [-0.25, -0.2) is 0 Å². The van der Waals surface area contributed by atoms with Gasteiger partial charge in [0.25, 0.3) is 5.91 Å². The van der Waals surface area contributed by atoms with Crippen LogP contribution in [-0.4, -0.2) is 24.2 Å². The monoisotopic (exact) mass is 310 g/mol. The highest BCUT2D eigenvalue weighted by atomic mass is 16.5. The number of rotatable bonds is 4. The van der Waals surface area contributed by atoms with Gasteiger partial charge in [0.1, 0.15) is 0 Å². The summed E-state index contributed by atoms with van der Waals surface area (Å²) in [6, 6.07) is 14.7. The molecule has 3 N–H and O–H groups in total. The first-order chi connectivity index (χ1) is 11.2. The van der Waals surface area contributed by atoms with Crippen LogP contribution in [0.15, 0.2) is 54.3 Å². The number of fused-ring (bicyclic) bond motifs is 1. The molecule has 1 amide bonds. The van der Waals surface area contributed by atoms with Crippen LogP contribution in [0, 0.1) is 0 Å². The van der Waals surface area contributed by atoms with Crippen LogP contribution in [0.25, 0.3) is 6.08 Å².